The third-order valence-electron chi connectivity index (χ3n) is 3.89. The van der Waals surface area contributed by atoms with E-state index in [1.165, 1.54) is 7.05 Å². The van der Waals surface area contributed by atoms with Crippen molar-refractivity contribution in [2.45, 2.75) is 46.1 Å². The minimum absolute atomic E-state index is 0.00206. The number of hydrogen-bond donors (Lipinski definition) is 0. The summed E-state index contributed by atoms with van der Waals surface area (Å²) in [6, 6.07) is -0.933. The fourth-order valence-electron chi connectivity index (χ4n) is 2.38. The second-order valence-corrected chi connectivity index (χ2v) is 10.4. The van der Waals surface area contributed by atoms with Crippen molar-refractivity contribution in [3.8, 4) is 0 Å². The van der Waals surface area contributed by atoms with Crippen molar-refractivity contribution in [2.75, 3.05) is 26.6 Å². The second kappa shape index (κ2) is 8.53. The van der Waals surface area contributed by atoms with Gasteiger partial charge in [-0.05, 0) is 18.8 Å². The van der Waals surface area contributed by atoms with Gasteiger partial charge in [0, 0.05) is 7.05 Å². The van der Waals surface area contributed by atoms with Gasteiger partial charge in [-0.1, -0.05) is 27.2 Å². The van der Waals surface area contributed by atoms with Crippen molar-refractivity contribution < 1.29 is 31.2 Å². The monoisotopic (exact) mass is 413 g/mol. The van der Waals surface area contributed by atoms with Crippen LogP contribution in [-0.2, 0) is 29.8 Å². The molecule has 1 rings (SSSR count). The number of rotatable bonds is 8. The molecule has 0 N–H and O–H groups in total. The molecule has 10 nitrogen and oxygen atoms in total. The first-order valence-corrected chi connectivity index (χ1v) is 11.5. The molecule has 0 radical (unpaired) electrons. The highest BCUT2D eigenvalue weighted by molar-refractivity contribution is 7.89. The normalized spacial score (nSPS) is 20.6. The van der Waals surface area contributed by atoms with Gasteiger partial charge in [0.2, 0.25) is 10.0 Å². The van der Waals surface area contributed by atoms with Crippen LogP contribution in [0.1, 0.15) is 40.0 Å². The summed E-state index contributed by atoms with van der Waals surface area (Å²) in [4.78, 5) is 24.6. The minimum Gasteiger partial charge on any atom is -0.449 e. The average molecular weight is 414 g/mol. The second-order valence-electron chi connectivity index (χ2n) is 6.58. The number of carbonyl (C=O) groups is 2. The molecule has 152 valence electrons. The number of sulfonamides is 1. The van der Waals surface area contributed by atoms with E-state index in [4.69, 9.17) is 4.74 Å². The van der Waals surface area contributed by atoms with Crippen LogP contribution in [0.25, 0.3) is 0 Å². The highest BCUT2D eigenvalue weighted by atomic mass is 32.2. The summed E-state index contributed by atoms with van der Waals surface area (Å²) in [6.45, 7) is 4.60. The van der Waals surface area contributed by atoms with E-state index in [-0.39, 0.29) is 23.3 Å². The number of unbranched alkanes of at least 4 members (excludes halogenated alkanes) is 1. The van der Waals surface area contributed by atoms with E-state index in [0.29, 0.717) is 10.7 Å². The van der Waals surface area contributed by atoms with Gasteiger partial charge in [-0.25, -0.2) is 17.5 Å². The van der Waals surface area contributed by atoms with Crippen LogP contribution in [0.3, 0.4) is 0 Å². The zero-order chi connectivity index (χ0) is 20.3. The average Bonchev–Trinajstić information content (AvgIpc) is 2.64. The smallest absolute Gasteiger partial charge is 0.425 e. The van der Waals surface area contributed by atoms with E-state index >= 15 is 0 Å². The van der Waals surface area contributed by atoms with E-state index in [1.54, 1.807) is 0 Å². The number of hydrogen-bond acceptors (Lipinski definition) is 7. The molecular weight excluding hydrogens is 386 g/mol. The fourth-order valence-corrected chi connectivity index (χ4v) is 4.52. The topological polar surface area (TPSA) is 121 Å². The summed E-state index contributed by atoms with van der Waals surface area (Å²) in [5.41, 5.74) is 0. The molecular formula is C14H27N3O7S2. The Morgan fingerprint density at radius 1 is 1.35 bits per heavy atom. The van der Waals surface area contributed by atoms with E-state index in [2.05, 4.69) is 0 Å². The zero-order valence-electron chi connectivity index (χ0n) is 15.7. The predicted octanol–water partition coefficient (Wildman–Crippen LogP) is 0.576. The van der Waals surface area contributed by atoms with Gasteiger partial charge in [-0.3, -0.25) is 4.79 Å². The Morgan fingerprint density at radius 3 is 2.38 bits per heavy atom. The Bertz CT molecular complexity index is 734. The first-order valence-electron chi connectivity index (χ1n) is 8.28. The predicted molar refractivity (Wildman–Crippen MR) is 94.6 cm³/mol. The SMILES string of the molecule is CCCCOC(=O)N(CN1C(=O)C(CC(C)C)N(C)S1(=O)=O)S(C)(=O)=O. The van der Waals surface area contributed by atoms with Crippen LogP contribution in [0.15, 0.2) is 0 Å². The molecule has 0 aliphatic carbocycles. The van der Waals surface area contributed by atoms with Gasteiger partial charge in [0.1, 0.15) is 12.7 Å². The van der Waals surface area contributed by atoms with Crippen LogP contribution in [0, 0.1) is 5.92 Å². The van der Waals surface area contributed by atoms with Crippen molar-refractivity contribution in [1.29, 1.82) is 0 Å². The fraction of sp³-hybridized carbons (Fsp3) is 0.857. The van der Waals surface area contributed by atoms with Crippen molar-refractivity contribution in [3.05, 3.63) is 0 Å². The molecule has 0 aromatic rings. The summed E-state index contributed by atoms with van der Waals surface area (Å²) in [5.74, 6) is -0.720. The summed E-state index contributed by atoms with van der Waals surface area (Å²) < 4.78 is 55.3. The Hall–Kier alpha value is -1.40. The number of likely N-dealkylation sites (N-methyl/N-ethyl adjacent to an activating group) is 1. The van der Waals surface area contributed by atoms with Crippen LogP contribution < -0.4 is 0 Å². The molecule has 1 aliphatic rings. The molecule has 0 aromatic carbocycles. The van der Waals surface area contributed by atoms with Crippen molar-refractivity contribution >= 4 is 32.2 Å². The van der Waals surface area contributed by atoms with E-state index in [0.717, 1.165) is 17.0 Å². The van der Waals surface area contributed by atoms with E-state index in [9.17, 15) is 26.4 Å². The molecule has 2 amide bonds. The summed E-state index contributed by atoms with van der Waals surface area (Å²) in [5, 5.41) is 0. The number of amides is 2. The summed E-state index contributed by atoms with van der Waals surface area (Å²) in [7, 11) is -7.10. The van der Waals surface area contributed by atoms with Crippen LogP contribution in [0.4, 0.5) is 4.79 Å². The van der Waals surface area contributed by atoms with Crippen LogP contribution in [-0.4, -0.2) is 74.4 Å². The van der Waals surface area contributed by atoms with Crippen molar-refractivity contribution in [2.24, 2.45) is 5.92 Å². The highest BCUT2D eigenvalue weighted by Gasteiger charge is 2.50. The molecule has 1 heterocycles. The maximum atomic E-state index is 12.5. The molecule has 0 spiro atoms. The Morgan fingerprint density at radius 2 is 1.92 bits per heavy atom. The lowest BCUT2D eigenvalue weighted by molar-refractivity contribution is -0.128. The van der Waals surface area contributed by atoms with Gasteiger partial charge in [-0.15, -0.1) is 0 Å². The Kier molecular flexibility index (Phi) is 7.42. The van der Waals surface area contributed by atoms with Crippen molar-refractivity contribution in [1.82, 2.24) is 12.9 Å². The van der Waals surface area contributed by atoms with Crippen LogP contribution >= 0.6 is 0 Å². The van der Waals surface area contributed by atoms with E-state index in [1.807, 2.05) is 20.8 Å². The Labute approximate surface area is 155 Å². The van der Waals surface area contributed by atoms with Gasteiger partial charge >= 0.3 is 16.3 Å². The molecule has 1 unspecified atom stereocenters. The maximum absolute atomic E-state index is 12.5. The minimum atomic E-state index is -4.22. The highest BCUT2D eigenvalue weighted by Crippen LogP contribution is 2.27. The number of carbonyl (C=O) groups excluding carboxylic acids is 2. The molecule has 26 heavy (non-hydrogen) atoms. The van der Waals surface area contributed by atoms with Gasteiger partial charge in [0.25, 0.3) is 5.91 Å². The molecule has 1 aliphatic heterocycles. The molecule has 1 fully saturated rings. The molecule has 12 heteroatoms. The quantitative estimate of drug-likeness (QED) is 0.533. The maximum Gasteiger partial charge on any atom is 0.425 e. The lowest BCUT2D eigenvalue weighted by Crippen LogP contribution is -2.47. The standard InChI is InChI=1S/C14H27N3O7S2/c1-6-7-8-24-14(19)17(25(5,20)21)10-16-13(18)12(9-11(2)3)15(4)26(16,22)23/h11-12H,6-10H2,1-5H3. The largest absolute Gasteiger partial charge is 0.449 e. The van der Waals surface area contributed by atoms with Gasteiger partial charge in [0.15, 0.2) is 0 Å². The first-order chi connectivity index (χ1) is 11.8. The van der Waals surface area contributed by atoms with Gasteiger partial charge in [-0.2, -0.15) is 17.0 Å². The van der Waals surface area contributed by atoms with Crippen molar-refractivity contribution in [3.63, 3.8) is 0 Å². The molecule has 1 atom stereocenters. The number of nitrogens with zero attached hydrogens (tertiary/aromatic N) is 3. The lowest BCUT2D eigenvalue weighted by atomic mass is 10.0. The molecule has 0 saturated carbocycles. The third-order valence-corrected chi connectivity index (χ3v) is 6.79. The van der Waals surface area contributed by atoms with E-state index < -0.39 is 44.9 Å². The summed E-state index contributed by atoms with van der Waals surface area (Å²) in [6.07, 6.45) is 1.08. The Balaban J connectivity index is 3.10. The third kappa shape index (κ3) is 5.07. The van der Waals surface area contributed by atoms with Gasteiger partial charge in [0.05, 0.1) is 12.9 Å². The number of ether oxygens (including phenoxy) is 1. The molecule has 1 saturated heterocycles. The summed E-state index contributed by atoms with van der Waals surface area (Å²) >= 11 is 0. The lowest BCUT2D eigenvalue weighted by Gasteiger charge is -2.24. The molecule has 0 aromatic heterocycles. The first kappa shape index (κ1) is 22.6. The van der Waals surface area contributed by atoms with Crippen LogP contribution in [0.5, 0.6) is 0 Å². The van der Waals surface area contributed by atoms with Crippen LogP contribution in [0.2, 0.25) is 0 Å². The molecule has 0 bridgehead atoms. The zero-order valence-corrected chi connectivity index (χ0v) is 17.3. The van der Waals surface area contributed by atoms with Gasteiger partial charge < -0.3 is 4.74 Å².